The van der Waals surface area contributed by atoms with E-state index in [2.05, 4.69) is 24.2 Å². The first kappa shape index (κ1) is 14.6. The SMILES string of the molecule is CC(C)C1=NCCCCN1.Cl.Cl. The Kier molecular flexibility index (Phi) is 9.33. The molecule has 2 nitrogen and oxygen atoms in total. The second-order valence-electron chi connectivity index (χ2n) is 3.06. The van der Waals surface area contributed by atoms with E-state index < -0.39 is 0 Å². The van der Waals surface area contributed by atoms with E-state index in [0.717, 1.165) is 13.1 Å². The second kappa shape index (κ2) is 7.69. The van der Waals surface area contributed by atoms with Crippen molar-refractivity contribution in [2.75, 3.05) is 13.1 Å². The second-order valence-corrected chi connectivity index (χ2v) is 3.06. The lowest BCUT2D eigenvalue weighted by atomic mass is 10.2. The first-order valence-electron chi connectivity index (χ1n) is 4.09. The number of hydrogen-bond acceptors (Lipinski definition) is 2. The maximum atomic E-state index is 4.43. The van der Waals surface area contributed by atoms with Crippen molar-refractivity contribution in [3.63, 3.8) is 0 Å². The van der Waals surface area contributed by atoms with Gasteiger partial charge < -0.3 is 5.32 Å². The summed E-state index contributed by atoms with van der Waals surface area (Å²) in [6.45, 7) is 6.48. The van der Waals surface area contributed by atoms with Crippen LogP contribution in [0.5, 0.6) is 0 Å². The van der Waals surface area contributed by atoms with Crippen molar-refractivity contribution < 1.29 is 0 Å². The molecule has 0 fully saturated rings. The van der Waals surface area contributed by atoms with Gasteiger partial charge in [-0.05, 0) is 12.8 Å². The molecule has 1 rings (SSSR count). The van der Waals surface area contributed by atoms with Crippen LogP contribution in [0.1, 0.15) is 26.7 Å². The molecule has 0 atom stereocenters. The van der Waals surface area contributed by atoms with Gasteiger partial charge in [0.15, 0.2) is 0 Å². The normalized spacial score (nSPS) is 16.4. The standard InChI is InChI=1S/C8H16N2.2ClH/c1-7(2)8-9-5-3-4-6-10-8;;/h7H,3-6H2,1-2H3,(H,9,10);2*1H. The van der Waals surface area contributed by atoms with E-state index in [1.54, 1.807) is 0 Å². The van der Waals surface area contributed by atoms with Gasteiger partial charge in [0.1, 0.15) is 0 Å². The Morgan fingerprint density at radius 3 is 2.50 bits per heavy atom. The summed E-state index contributed by atoms with van der Waals surface area (Å²) >= 11 is 0. The van der Waals surface area contributed by atoms with Crippen LogP contribution >= 0.6 is 24.8 Å². The van der Waals surface area contributed by atoms with E-state index in [9.17, 15) is 0 Å². The van der Waals surface area contributed by atoms with Crippen LogP contribution in [-0.2, 0) is 0 Å². The predicted molar refractivity (Wildman–Crippen MR) is 58.9 cm³/mol. The van der Waals surface area contributed by atoms with Crippen LogP contribution in [0.2, 0.25) is 0 Å². The van der Waals surface area contributed by atoms with E-state index in [1.807, 2.05) is 0 Å². The molecule has 1 aliphatic rings. The summed E-state index contributed by atoms with van der Waals surface area (Å²) in [6, 6.07) is 0. The fourth-order valence-electron chi connectivity index (χ4n) is 1.10. The van der Waals surface area contributed by atoms with Crippen molar-refractivity contribution in [1.29, 1.82) is 0 Å². The molecule has 0 unspecified atom stereocenters. The Hall–Kier alpha value is 0.0500. The lowest BCUT2D eigenvalue weighted by Crippen LogP contribution is -2.27. The molecule has 0 saturated carbocycles. The summed E-state index contributed by atoms with van der Waals surface area (Å²) in [5.74, 6) is 1.76. The molecule has 4 heteroatoms. The highest BCUT2D eigenvalue weighted by molar-refractivity contribution is 5.85. The van der Waals surface area contributed by atoms with Gasteiger partial charge in [0.2, 0.25) is 0 Å². The Bertz CT molecular complexity index is 135. The minimum Gasteiger partial charge on any atom is -0.374 e. The zero-order valence-corrected chi connectivity index (χ0v) is 9.30. The number of nitrogens with zero attached hydrogens (tertiary/aromatic N) is 1. The number of nitrogens with one attached hydrogen (secondary N) is 1. The minimum atomic E-state index is 0. The third kappa shape index (κ3) is 4.83. The number of amidine groups is 1. The molecule has 0 bridgehead atoms. The van der Waals surface area contributed by atoms with Gasteiger partial charge in [-0.2, -0.15) is 0 Å². The Morgan fingerprint density at radius 2 is 1.92 bits per heavy atom. The van der Waals surface area contributed by atoms with Gasteiger partial charge >= 0.3 is 0 Å². The monoisotopic (exact) mass is 212 g/mol. The smallest absolute Gasteiger partial charge is 0.0988 e. The Labute approximate surface area is 87.0 Å². The summed E-state index contributed by atoms with van der Waals surface area (Å²) in [6.07, 6.45) is 2.50. The number of hydrogen-bond donors (Lipinski definition) is 1. The summed E-state index contributed by atoms with van der Waals surface area (Å²) in [7, 11) is 0. The number of rotatable bonds is 1. The van der Waals surface area contributed by atoms with Crippen molar-refractivity contribution in [2.45, 2.75) is 26.7 Å². The van der Waals surface area contributed by atoms with Gasteiger partial charge in [-0.1, -0.05) is 13.8 Å². The van der Waals surface area contributed by atoms with Crippen LogP contribution in [0, 0.1) is 5.92 Å². The van der Waals surface area contributed by atoms with Crippen LogP contribution in [0.3, 0.4) is 0 Å². The van der Waals surface area contributed by atoms with Gasteiger partial charge in [0.25, 0.3) is 0 Å². The average molecular weight is 213 g/mol. The van der Waals surface area contributed by atoms with Crippen LogP contribution in [0.4, 0.5) is 0 Å². The molecule has 74 valence electrons. The summed E-state index contributed by atoms with van der Waals surface area (Å²) < 4.78 is 0. The summed E-state index contributed by atoms with van der Waals surface area (Å²) in [5, 5.41) is 3.33. The van der Waals surface area contributed by atoms with Crippen LogP contribution < -0.4 is 5.32 Å². The third-order valence-corrected chi connectivity index (χ3v) is 1.72. The van der Waals surface area contributed by atoms with Crippen LogP contribution in [0.15, 0.2) is 4.99 Å². The largest absolute Gasteiger partial charge is 0.374 e. The lowest BCUT2D eigenvalue weighted by molar-refractivity contribution is 0.738. The molecule has 0 aromatic rings. The molecule has 0 radical (unpaired) electrons. The molecule has 1 N–H and O–H groups in total. The van der Waals surface area contributed by atoms with Crippen molar-refractivity contribution in [3.05, 3.63) is 0 Å². The topological polar surface area (TPSA) is 24.4 Å². The van der Waals surface area contributed by atoms with E-state index >= 15 is 0 Å². The van der Waals surface area contributed by atoms with Crippen molar-refractivity contribution in [2.24, 2.45) is 10.9 Å². The maximum absolute atomic E-state index is 4.43. The molecular formula is C8H18Cl2N2. The highest BCUT2D eigenvalue weighted by atomic mass is 35.5. The minimum absolute atomic E-state index is 0. The number of aliphatic imine (C=N–C) groups is 1. The zero-order valence-electron chi connectivity index (χ0n) is 7.67. The molecule has 1 aliphatic heterocycles. The van der Waals surface area contributed by atoms with Gasteiger partial charge in [0.05, 0.1) is 5.84 Å². The zero-order chi connectivity index (χ0) is 7.40. The predicted octanol–water partition coefficient (Wildman–Crippen LogP) is 2.27. The van der Waals surface area contributed by atoms with Gasteiger partial charge in [-0.3, -0.25) is 4.99 Å². The Morgan fingerprint density at radius 1 is 1.25 bits per heavy atom. The molecular weight excluding hydrogens is 195 g/mol. The average Bonchev–Trinajstić information content (AvgIpc) is 2.12. The lowest BCUT2D eigenvalue weighted by Gasteiger charge is -2.09. The molecule has 0 saturated heterocycles. The molecule has 0 amide bonds. The van der Waals surface area contributed by atoms with Crippen LogP contribution in [0.25, 0.3) is 0 Å². The molecule has 12 heavy (non-hydrogen) atoms. The first-order valence-corrected chi connectivity index (χ1v) is 4.09. The van der Waals surface area contributed by atoms with E-state index in [1.165, 1.54) is 18.7 Å². The van der Waals surface area contributed by atoms with Crippen molar-refractivity contribution >= 4 is 30.6 Å². The molecule has 0 aromatic carbocycles. The van der Waals surface area contributed by atoms with E-state index in [0.29, 0.717) is 5.92 Å². The molecule has 0 spiro atoms. The van der Waals surface area contributed by atoms with Crippen LogP contribution in [-0.4, -0.2) is 18.9 Å². The fourth-order valence-corrected chi connectivity index (χ4v) is 1.10. The molecule has 0 aromatic heterocycles. The van der Waals surface area contributed by atoms with Gasteiger partial charge in [-0.25, -0.2) is 0 Å². The van der Waals surface area contributed by atoms with Crippen molar-refractivity contribution in [3.8, 4) is 0 Å². The fraction of sp³-hybridized carbons (Fsp3) is 0.875. The number of halogens is 2. The third-order valence-electron chi connectivity index (χ3n) is 1.72. The molecule has 0 aliphatic carbocycles. The highest BCUT2D eigenvalue weighted by Gasteiger charge is 2.05. The quantitative estimate of drug-likeness (QED) is 0.709. The van der Waals surface area contributed by atoms with Gasteiger partial charge in [0, 0.05) is 19.0 Å². The van der Waals surface area contributed by atoms with E-state index in [4.69, 9.17) is 0 Å². The summed E-state index contributed by atoms with van der Waals surface area (Å²) in [5.41, 5.74) is 0. The molecule has 1 heterocycles. The highest BCUT2D eigenvalue weighted by Crippen LogP contribution is 2.00. The van der Waals surface area contributed by atoms with Gasteiger partial charge in [-0.15, -0.1) is 24.8 Å². The van der Waals surface area contributed by atoms with E-state index in [-0.39, 0.29) is 24.8 Å². The van der Waals surface area contributed by atoms with Crippen molar-refractivity contribution in [1.82, 2.24) is 5.32 Å². The first-order chi connectivity index (χ1) is 4.80. The maximum Gasteiger partial charge on any atom is 0.0988 e. The Balaban J connectivity index is 0. The summed E-state index contributed by atoms with van der Waals surface area (Å²) in [4.78, 5) is 4.43.